The van der Waals surface area contributed by atoms with Gasteiger partial charge in [-0.25, -0.2) is 9.59 Å². The van der Waals surface area contributed by atoms with Crippen LogP contribution in [0.25, 0.3) is 0 Å². The van der Waals surface area contributed by atoms with Gasteiger partial charge in [-0.3, -0.25) is 4.68 Å². The molecule has 1 aromatic heterocycles. The molecule has 100 valence electrons. The highest BCUT2D eigenvalue weighted by Crippen LogP contribution is 1.86. The summed E-state index contributed by atoms with van der Waals surface area (Å²) in [5.74, 6) is -1.28. The van der Waals surface area contributed by atoms with E-state index in [4.69, 9.17) is 10.2 Å². The molecule has 4 N–H and O–H groups in total. The molecule has 1 heterocycles. The lowest BCUT2D eigenvalue weighted by Crippen LogP contribution is -2.48. The van der Waals surface area contributed by atoms with E-state index in [-0.39, 0.29) is 0 Å². The summed E-state index contributed by atoms with van der Waals surface area (Å²) in [7, 11) is 0. The van der Waals surface area contributed by atoms with Gasteiger partial charge < -0.3 is 20.8 Å². The molecule has 1 aromatic rings. The number of nitrogens with zero attached hydrogens (tertiary/aromatic N) is 3. The Bertz CT molecular complexity index is 380. The van der Waals surface area contributed by atoms with Crippen molar-refractivity contribution in [3.63, 3.8) is 0 Å². The van der Waals surface area contributed by atoms with E-state index in [1.807, 2.05) is 0 Å². The zero-order valence-electron chi connectivity index (χ0n) is 9.61. The number of aliphatic carboxylic acids is 1. The molecule has 0 aromatic carbocycles. The number of aryl methyl sites for hydroxylation is 1. The summed E-state index contributed by atoms with van der Waals surface area (Å²) in [5, 5.41) is 29.3. The van der Waals surface area contributed by atoms with Gasteiger partial charge in [-0.1, -0.05) is 5.21 Å². The molecule has 2 amide bonds. The molecule has 9 nitrogen and oxygen atoms in total. The van der Waals surface area contributed by atoms with Crippen molar-refractivity contribution >= 4 is 12.0 Å². The van der Waals surface area contributed by atoms with E-state index in [1.54, 1.807) is 17.1 Å². The highest BCUT2D eigenvalue weighted by atomic mass is 16.4. The van der Waals surface area contributed by atoms with Gasteiger partial charge >= 0.3 is 12.0 Å². The molecular formula is C9H15N5O4. The number of aliphatic hydroxyl groups is 1. The molecule has 0 aliphatic rings. The van der Waals surface area contributed by atoms with Crippen LogP contribution in [0.1, 0.15) is 6.42 Å². The van der Waals surface area contributed by atoms with Crippen molar-refractivity contribution in [1.82, 2.24) is 25.6 Å². The summed E-state index contributed by atoms with van der Waals surface area (Å²) >= 11 is 0. The number of aromatic nitrogens is 3. The molecule has 0 unspecified atom stereocenters. The first-order chi connectivity index (χ1) is 8.63. The largest absolute Gasteiger partial charge is 0.480 e. The van der Waals surface area contributed by atoms with Crippen LogP contribution in [0, 0.1) is 0 Å². The number of carbonyl (C=O) groups is 2. The number of aliphatic hydroxyl groups excluding tert-OH is 1. The Balaban J connectivity index is 2.15. The molecule has 0 bridgehead atoms. The summed E-state index contributed by atoms with van der Waals surface area (Å²) in [5.41, 5.74) is 0. The Morgan fingerprint density at radius 1 is 1.44 bits per heavy atom. The Labute approximate surface area is 103 Å². The van der Waals surface area contributed by atoms with Crippen LogP contribution in [0.2, 0.25) is 0 Å². The quantitative estimate of drug-likeness (QED) is 0.436. The van der Waals surface area contributed by atoms with Gasteiger partial charge in [-0.15, -0.1) is 5.10 Å². The monoisotopic (exact) mass is 257 g/mol. The second-order valence-electron chi connectivity index (χ2n) is 3.49. The van der Waals surface area contributed by atoms with Crippen LogP contribution in [-0.4, -0.2) is 56.4 Å². The van der Waals surface area contributed by atoms with Crippen LogP contribution >= 0.6 is 0 Å². The molecule has 9 heteroatoms. The normalized spacial score (nSPS) is 11.8. The van der Waals surface area contributed by atoms with Gasteiger partial charge in [0.05, 0.1) is 12.8 Å². The highest BCUT2D eigenvalue weighted by molar-refractivity contribution is 5.82. The first kappa shape index (κ1) is 13.9. The van der Waals surface area contributed by atoms with Gasteiger partial charge in [0.2, 0.25) is 0 Å². The topological polar surface area (TPSA) is 129 Å². The van der Waals surface area contributed by atoms with Crippen molar-refractivity contribution < 1.29 is 19.8 Å². The summed E-state index contributed by atoms with van der Waals surface area (Å²) in [6, 6.07) is -1.92. The van der Waals surface area contributed by atoms with Gasteiger partial charge in [-0.05, 0) is 6.42 Å². The lowest BCUT2D eigenvalue weighted by Gasteiger charge is -2.12. The van der Waals surface area contributed by atoms with E-state index < -0.39 is 24.6 Å². The van der Waals surface area contributed by atoms with Crippen LogP contribution in [0.4, 0.5) is 4.79 Å². The standard InChI is InChI=1S/C9H15N5O4/c15-6-7(8(16)17)12-9(18)10-2-1-4-14-5-3-11-13-14/h3,5,7,15H,1-2,4,6H2,(H,16,17)(H2,10,12,18)/t7-/m1/s1. The Morgan fingerprint density at radius 2 is 2.22 bits per heavy atom. The van der Waals surface area contributed by atoms with Gasteiger partial charge in [0.25, 0.3) is 0 Å². The molecule has 0 aliphatic carbocycles. The fourth-order valence-corrected chi connectivity index (χ4v) is 1.19. The fraction of sp³-hybridized carbons (Fsp3) is 0.556. The van der Waals surface area contributed by atoms with Crippen LogP contribution in [0.5, 0.6) is 0 Å². The van der Waals surface area contributed by atoms with Crippen molar-refractivity contribution in [2.24, 2.45) is 0 Å². The zero-order valence-corrected chi connectivity index (χ0v) is 9.61. The van der Waals surface area contributed by atoms with Crippen molar-refractivity contribution in [2.75, 3.05) is 13.2 Å². The third kappa shape index (κ3) is 4.78. The van der Waals surface area contributed by atoms with Gasteiger partial charge in [-0.2, -0.15) is 0 Å². The van der Waals surface area contributed by atoms with Crippen molar-refractivity contribution in [3.8, 4) is 0 Å². The maximum atomic E-state index is 11.2. The van der Waals surface area contributed by atoms with Crippen molar-refractivity contribution in [3.05, 3.63) is 12.4 Å². The van der Waals surface area contributed by atoms with Crippen LogP contribution in [0.15, 0.2) is 12.4 Å². The summed E-state index contributed by atoms with van der Waals surface area (Å²) in [6.07, 6.45) is 3.89. The lowest BCUT2D eigenvalue weighted by molar-refractivity contribution is -0.140. The molecule has 0 radical (unpaired) electrons. The Kier molecular flexibility index (Phi) is 5.58. The zero-order chi connectivity index (χ0) is 13.4. The van der Waals surface area contributed by atoms with Crippen molar-refractivity contribution in [1.29, 1.82) is 0 Å². The summed E-state index contributed by atoms with van der Waals surface area (Å²) < 4.78 is 1.62. The minimum absolute atomic E-state index is 0.365. The van der Waals surface area contributed by atoms with E-state index >= 15 is 0 Å². The first-order valence-electron chi connectivity index (χ1n) is 5.35. The van der Waals surface area contributed by atoms with Crippen LogP contribution < -0.4 is 10.6 Å². The number of hydrogen-bond donors (Lipinski definition) is 4. The third-order valence-electron chi connectivity index (χ3n) is 2.11. The van der Waals surface area contributed by atoms with Gasteiger partial charge in [0.1, 0.15) is 0 Å². The lowest BCUT2D eigenvalue weighted by atomic mass is 10.3. The average molecular weight is 257 g/mol. The summed E-state index contributed by atoms with van der Waals surface area (Å²) in [4.78, 5) is 21.8. The molecule has 0 fully saturated rings. The third-order valence-corrected chi connectivity index (χ3v) is 2.11. The molecule has 0 spiro atoms. The molecular weight excluding hydrogens is 242 g/mol. The van der Waals surface area contributed by atoms with Crippen LogP contribution in [-0.2, 0) is 11.3 Å². The van der Waals surface area contributed by atoms with E-state index in [2.05, 4.69) is 20.9 Å². The van der Waals surface area contributed by atoms with Crippen molar-refractivity contribution in [2.45, 2.75) is 19.0 Å². The number of hydrogen-bond acceptors (Lipinski definition) is 5. The number of amides is 2. The van der Waals surface area contributed by atoms with E-state index in [9.17, 15) is 9.59 Å². The maximum absolute atomic E-state index is 11.2. The molecule has 0 aliphatic heterocycles. The molecule has 1 rings (SSSR count). The Hall–Kier alpha value is -2.16. The van der Waals surface area contributed by atoms with E-state index in [0.29, 0.717) is 19.5 Å². The highest BCUT2D eigenvalue weighted by Gasteiger charge is 2.17. The number of rotatable bonds is 7. The molecule has 0 saturated heterocycles. The molecule has 0 saturated carbocycles. The number of carboxylic acids is 1. The SMILES string of the molecule is O=C(NCCCn1ccnn1)N[C@H](CO)C(=O)O. The second-order valence-corrected chi connectivity index (χ2v) is 3.49. The van der Waals surface area contributed by atoms with Gasteiger partial charge in [0, 0.05) is 19.3 Å². The predicted molar refractivity (Wildman–Crippen MR) is 59.7 cm³/mol. The minimum Gasteiger partial charge on any atom is -0.480 e. The van der Waals surface area contributed by atoms with E-state index in [0.717, 1.165) is 0 Å². The minimum atomic E-state index is -1.29. The fourth-order valence-electron chi connectivity index (χ4n) is 1.19. The second kappa shape index (κ2) is 7.22. The van der Waals surface area contributed by atoms with Crippen LogP contribution in [0.3, 0.4) is 0 Å². The number of nitrogens with one attached hydrogen (secondary N) is 2. The smallest absolute Gasteiger partial charge is 0.328 e. The number of carboxylic acid groups (broad SMARTS) is 1. The predicted octanol–water partition coefficient (Wildman–Crippen LogP) is -1.59. The first-order valence-corrected chi connectivity index (χ1v) is 5.35. The molecule has 1 atom stereocenters. The van der Waals surface area contributed by atoms with E-state index in [1.165, 1.54) is 0 Å². The summed E-state index contributed by atoms with van der Waals surface area (Å²) in [6.45, 7) is 0.313. The number of urea groups is 1. The van der Waals surface area contributed by atoms with Gasteiger partial charge in [0.15, 0.2) is 6.04 Å². The Morgan fingerprint density at radius 3 is 2.78 bits per heavy atom. The molecule has 18 heavy (non-hydrogen) atoms. The average Bonchev–Trinajstić information content (AvgIpc) is 2.84. The maximum Gasteiger partial charge on any atom is 0.328 e. The number of carbonyl (C=O) groups excluding carboxylic acids is 1.